The molecule has 1 atom stereocenters. The molecule has 1 aromatic rings. The maximum Gasteiger partial charge on any atom is 0.311 e. The third-order valence-corrected chi connectivity index (χ3v) is 3.11. The van der Waals surface area contributed by atoms with Crippen LogP contribution in [0.1, 0.15) is 37.2 Å². The number of carbonyl (C=O) groups is 1. The van der Waals surface area contributed by atoms with Crippen molar-refractivity contribution in [3.05, 3.63) is 16.7 Å². The molecule has 1 N–H and O–H groups in total. The molecule has 0 aromatic carbocycles. The van der Waals surface area contributed by atoms with E-state index >= 15 is 0 Å². The van der Waals surface area contributed by atoms with Crippen molar-refractivity contribution in [2.24, 2.45) is 0 Å². The van der Waals surface area contributed by atoms with Crippen molar-refractivity contribution in [3.63, 3.8) is 0 Å². The zero-order chi connectivity index (χ0) is 11.0. The van der Waals surface area contributed by atoms with Crippen LogP contribution < -0.4 is 0 Å². The lowest BCUT2D eigenvalue weighted by Gasteiger charge is -2.22. The van der Waals surface area contributed by atoms with Gasteiger partial charge in [-0.05, 0) is 18.8 Å². The van der Waals surface area contributed by atoms with Crippen LogP contribution in [0.2, 0.25) is 5.15 Å². The number of aromatic nitrogens is 2. The number of hydrogen-bond acceptors (Lipinski definition) is 2. The second kappa shape index (κ2) is 3.85. The van der Waals surface area contributed by atoms with Gasteiger partial charge in [0.05, 0.1) is 5.69 Å². The Bertz CT molecular complexity index is 400. The van der Waals surface area contributed by atoms with Gasteiger partial charge >= 0.3 is 5.97 Å². The Morgan fingerprint density at radius 1 is 1.73 bits per heavy atom. The Balaban J connectivity index is 2.41. The van der Waals surface area contributed by atoms with Crippen LogP contribution in [0, 0.1) is 0 Å². The second-order valence-electron chi connectivity index (χ2n) is 3.97. The first-order chi connectivity index (χ1) is 7.09. The number of fused-ring (bicyclic) bond motifs is 1. The molecule has 2 rings (SSSR count). The maximum atomic E-state index is 10.6. The highest BCUT2D eigenvalue weighted by atomic mass is 35.5. The van der Waals surface area contributed by atoms with Gasteiger partial charge in [0.1, 0.15) is 12.2 Å². The van der Waals surface area contributed by atoms with E-state index in [1.165, 1.54) is 0 Å². The number of aliphatic carboxylic acids is 1. The molecule has 4 nitrogen and oxygen atoms in total. The molecule has 0 radical (unpaired) electrons. The lowest BCUT2D eigenvalue weighted by Crippen LogP contribution is -2.17. The van der Waals surface area contributed by atoms with Gasteiger partial charge in [-0.3, -0.25) is 4.79 Å². The van der Waals surface area contributed by atoms with Crippen molar-refractivity contribution < 1.29 is 9.90 Å². The Morgan fingerprint density at radius 3 is 3.13 bits per heavy atom. The third kappa shape index (κ3) is 1.86. The predicted molar refractivity (Wildman–Crippen MR) is 56.2 cm³/mol. The van der Waals surface area contributed by atoms with Crippen molar-refractivity contribution in [1.82, 2.24) is 9.55 Å². The first-order valence-corrected chi connectivity index (χ1v) is 5.44. The Labute approximate surface area is 92.9 Å². The number of hydrogen-bond donors (Lipinski definition) is 1. The Kier molecular flexibility index (Phi) is 2.69. The van der Waals surface area contributed by atoms with Gasteiger partial charge in [-0.1, -0.05) is 18.5 Å². The zero-order valence-electron chi connectivity index (χ0n) is 8.53. The van der Waals surface area contributed by atoms with Gasteiger partial charge in [0, 0.05) is 6.54 Å². The molecule has 82 valence electrons. The molecule has 5 heteroatoms. The van der Waals surface area contributed by atoms with E-state index < -0.39 is 5.97 Å². The SMILES string of the molecule is CC1CCCn2c(CC(=O)O)nc(Cl)c21. The molecule has 0 spiro atoms. The molecule has 0 saturated heterocycles. The number of imidazole rings is 1. The molecule has 1 aliphatic heterocycles. The van der Waals surface area contributed by atoms with Crippen LogP contribution in [0.3, 0.4) is 0 Å². The van der Waals surface area contributed by atoms with Crippen LogP contribution in [0.15, 0.2) is 0 Å². The fourth-order valence-corrected chi connectivity index (χ4v) is 2.55. The van der Waals surface area contributed by atoms with Gasteiger partial charge in [0.25, 0.3) is 0 Å². The van der Waals surface area contributed by atoms with Gasteiger partial charge in [0.15, 0.2) is 5.15 Å². The van der Waals surface area contributed by atoms with E-state index in [9.17, 15) is 4.79 Å². The van der Waals surface area contributed by atoms with E-state index in [0.29, 0.717) is 16.9 Å². The molecule has 1 unspecified atom stereocenters. The third-order valence-electron chi connectivity index (χ3n) is 2.84. The van der Waals surface area contributed by atoms with Crippen LogP contribution in [0.5, 0.6) is 0 Å². The van der Waals surface area contributed by atoms with Crippen molar-refractivity contribution >= 4 is 17.6 Å². The van der Waals surface area contributed by atoms with E-state index in [4.69, 9.17) is 16.7 Å². The van der Waals surface area contributed by atoms with Gasteiger partial charge < -0.3 is 9.67 Å². The summed E-state index contributed by atoms with van der Waals surface area (Å²) in [7, 11) is 0. The number of halogens is 1. The van der Waals surface area contributed by atoms with E-state index in [1.807, 2.05) is 4.57 Å². The zero-order valence-corrected chi connectivity index (χ0v) is 9.29. The average molecular weight is 229 g/mol. The van der Waals surface area contributed by atoms with E-state index in [-0.39, 0.29) is 6.42 Å². The number of rotatable bonds is 2. The summed E-state index contributed by atoms with van der Waals surface area (Å²) in [4.78, 5) is 14.8. The van der Waals surface area contributed by atoms with Crippen LogP contribution in [0.25, 0.3) is 0 Å². The highest BCUT2D eigenvalue weighted by Gasteiger charge is 2.24. The summed E-state index contributed by atoms with van der Waals surface area (Å²) in [6.45, 7) is 2.94. The standard InChI is InChI=1S/C10H13ClN2O2/c1-6-3-2-4-13-7(5-8(14)15)12-10(11)9(6)13/h6H,2-5H2,1H3,(H,14,15). The van der Waals surface area contributed by atoms with Crippen molar-refractivity contribution in [1.29, 1.82) is 0 Å². The summed E-state index contributed by atoms with van der Waals surface area (Å²) in [6.07, 6.45) is 2.11. The minimum atomic E-state index is -0.863. The number of nitrogens with zero attached hydrogens (tertiary/aromatic N) is 2. The summed E-state index contributed by atoms with van der Waals surface area (Å²) < 4.78 is 1.96. The van der Waals surface area contributed by atoms with Crippen LogP contribution in [-0.4, -0.2) is 20.6 Å². The average Bonchev–Trinajstić information content (AvgIpc) is 2.44. The highest BCUT2D eigenvalue weighted by Crippen LogP contribution is 2.33. The maximum absolute atomic E-state index is 10.6. The number of carboxylic acids is 1. The first kappa shape index (κ1) is 10.5. The minimum Gasteiger partial charge on any atom is -0.481 e. The minimum absolute atomic E-state index is 0.0492. The molecule has 1 aliphatic rings. The molecule has 0 saturated carbocycles. The summed E-state index contributed by atoms with van der Waals surface area (Å²) in [6, 6.07) is 0. The summed E-state index contributed by atoms with van der Waals surface area (Å²) in [5.41, 5.74) is 0.999. The molecule has 1 aromatic heterocycles. The molecule has 15 heavy (non-hydrogen) atoms. The monoisotopic (exact) mass is 228 g/mol. The molecule has 2 heterocycles. The fourth-order valence-electron chi connectivity index (χ4n) is 2.16. The number of carboxylic acid groups (broad SMARTS) is 1. The Morgan fingerprint density at radius 2 is 2.47 bits per heavy atom. The molecule has 0 amide bonds. The van der Waals surface area contributed by atoms with Gasteiger partial charge in [-0.2, -0.15) is 0 Å². The molecule has 0 bridgehead atoms. The lowest BCUT2D eigenvalue weighted by molar-refractivity contribution is -0.136. The first-order valence-electron chi connectivity index (χ1n) is 5.06. The van der Waals surface area contributed by atoms with E-state index in [2.05, 4.69) is 11.9 Å². The molecule has 0 fully saturated rings. The fraction of sp³-hybridized carbons (Fsp3) is 0.600. The van der Waals surface area contributed by atoms with Crippen LogP contribution in [0.4, 0.5) is 0 Å². The van der Waals surface area contributed by atoms with Crippen molar-refractivity contribution in [2.45, 2.75) is 38.6 Å². The van der Waals surface area contributed by atoms with E-state index in [1.54, 1.807) is 0 Å². The highest BCUT2D eigenvalue weighted by molar-refractivity contribution is 6.30. The topological polar surface area (TPSA) is 55.1 Å². The van der Waals surface area contributed by atoms with Crippen LogP contribution in [-0.2, 0) is 17.8 Å². The second-order valence-corrected chi connectivity index (χ2v) is 4.33. The Hall–Kier alpha value is -1.03. The summed E-state index contributed by atoms with van der Waals surface area (Å²) in [5.74, 6) is 0.0908. The molecular formula is C10H13ClN2O2. The van der Waals surface area contributed by atoms with Gasteiger partial charge in [-0.25, -0.2) is 4.98 Å². The van der Waals surface area contributed by atoms with Gasteiger partial charge in [0.2, 0.25) is 0 Å². The lowest BCUT2D eigenvalue weighted by atomic mass is 9.98. The van der Waals surface area contributed by atoms with Gasteiger partial charge in [-0.15, -0.1) is 0 Å². The summed E-state index contributed by atoms with van der Waals surface area (Å²) in [5, 5.41) is 9.22. The predicted octanol–water partition coefficient (Wildman–Crippen LogP) is 2.06. The summed E-state index contributed by atoms with van der Waals surface area (Å²) >= 11 is 6.02. The molecule has 0 aliphatic carbocycles. The van der Waals surface area contributed by atoms with E-state index in [0.717, 1.165) is 25.1 Å². The van der Waals surface area contributed by atoms with Crippen molar-refractivity contribution in [2.75, 3.05) is 0 Å². The largest absolute Gasteiger partial charge is 0.481 e. The quantitative estimate of drug-likeness (QED) is 0.843. The normalized spacial score (nSPS) is 20.0. The smallest absolute Gasteiger partial charge is 0.311 e. The van der Waals surface area contributed by atoms with Crippen molar-refractivity contribution in [3.8, 4) is 0 Å². The molecular weight excluding hydrogens is 216 g/mol. The van der Waals surface area contributed by atoms with Crippen LogP contribution >= 0.6 is 11.6 Å².